The topological polar surface area (TPSA) is 25.8 Å². The summed E-state index contributed by atoms with van der Waals surface area (Å²) in [5.74, 6) is 0.754. The molecule has 3 heteroatoms. The lowest BCUT2D eigenvalue weighted by Crippen LogP contribution is -2.02. The molecule has 0 aliphatic carbocycles. The standard InChI is InChI=1S/C22H17BN2/c23-19-13-7-12-18(14-19)22-24-20(16-8-3-1-4-9-16)15-21(25-22)17-10-5-2-6-11-17/h1-15H,23H2. The normalized spacial score (nSPS) is 10.6. The van der Waals surface area contributed by atoms with Gasteiger partial charge in [-0.1, -0.05) is 90.4 Å². The summed E-state index contributed by atoms with van der Waals surface area (Å²) in [5.41, 5.74) is 6.30. The van der Waals surface area contributed by atoms with E-state index in [1.807, 2.05) is 42.5 Å². The minimum Gasteiger partial charge on any atom is -0.228 e. The highest BCUT2D eigenvalue weighted by Gasteiger charge is 2.10. The first-order valence-electron chi connectivity index (χ1n) is 8.36. The van der Waals surface area contributed by atoms with Crippen LogP contribution in [0.3, 0.4) is 0 Å². The predicted octanol–water partition coefficient (Wildman–Crippen LogP) is 3.74. The van der Waals surface area contributed by atoms with E-state index in [0.717, 1.165) is 33.9 Å². The molecule has 0 unspecified atom stereocenters. The summed E-state index contributed by atoms with van der Waals surface area (Å²) in [7, 11) is 2.09. The van der Waals surface area contributed by atoms with Crippen LogP contribution in [0.2, 0.25) is 0 Å². The second-order valence-electron chi connectivity index (χ2n) is 6.06. The van der Waals surface area contributed by atoms with Crippen molar-refractivity contribution in [2.45, 2.75) is 0 Å². The van der Waals surface area contributed by atoms with Gasteiger partial charge in [0.05, 0.1) is 11.4 Å². The molecule has 1 aromatic heterocycles. The Labute approximate surface area is 148 Å². The molecule has 1 heterocycles. The third kappa shape index (κ3) is 3.36. The van der Waals surface area contributed by atoms with Crippen molar-refractivity contribution in [3.8, 4) is 33.9 Å². The molecule has 25 heavy (non-hydrogen) atoms. The van der Waals surface area contributed by atoms with Crippen LogP contribution >= 0.6 is 0 Å². The van der Waals surface area contributed by atoms with Gasteiger partial charge in [-0.25, -0.2) is 9.97 Å². The van der Waals surface area contributed by atoms with Crippen LogP contribution in [0.1, 0.15) is 0 Å². The van der Waals surface area contributed by atoms with Crippen LogP contribution in [0.25, 0.3) is 33.9 Å². The van der Waals surface area contributed by atoms with Gasteiger partial charge >= 0.3 is 0 Å². The highest BCUT2D eigenvalue weighted by Crippen LogP contribution is 2.26. The van der Waals surface area contributed by atoms with Gasteiger partial charge in [-0.15, -0.1) is 0 Å². The molecule has 0 spiro atoms. The average Bonchev–Trinajstić information content (AvgIpc) is 2.69. The fourth-order valence-electron chi connectivity index (χ4n) is 2.87. The van der Waals surface area contributed by atoms with Crippen molar-refractivity contribution in [1.82, 2.24) is 9.97 Å². The Balaban J connectivity index is 1.92. The van der Waals surface area contributed by atoms with Crippen molar-refractivity contribution in [3.05, 3.63) is 91.0 Å². The quantitative estimate of drug-likeness (QED) is 0.538. The lowest BCUT2D eigenvalue weighted by molar-refractivity contribution is 1.18. The van der Waals surface area contributed by atoms with Crippen molar-refractivity contribution < 1.29 is 0 Å². The van der Waals surface area contributed by atoms with E-state index in [1.54, 1.807) is 0 Å². The van der Waals surface area contributed by atoms with Crippen LogP contribution in [-0.4, -0.2) is 17.8 Å². The lowest BCUT2D eigenvalue weighted by atomic mass is 9.94. The molecular weight excluding hydrogens is 303 g/mol. The zero-order valence-corrected chi connectivity index (χ0v) is 14.1. The number of aromatic nitrogens is 2. The maximum Gasteiger partial charge on any atom is 0.160 e. The fourth-order valence-corrected chi connectivity index (χ4v) is 2.87. The Bertz CT molecular complexity index is 941. The Morgan fingerprint density at radius 1 is 0.520 bits per heavy atom. The van der Waals surface area contributed by atoms with Gasteiger partial charge in [0.15, 0.2) is 5.82 Å². The number of nitrogens with zero attached hydrogens (tertiary/aromatic N) is 2. The number of benzene rings is 3. The second kappa shape index (κ2) is 6.74. The molecule has 0 atom stereocenters. The zero-order valence-electron chi connectivity index (χ0n) is 14.1. The van der Waals surface area contributed by atoms with Crippen LogP contribution < -0.4 is 5.46 Å². The maximum absolute atomic E-state index is 4.83. The van der Waals surface area contributed by atoms with Gasteiger partial charge in [0.2, 0.25) is 0 Å². The highest BCUT2D eigenvalue weighted by molar-refractivity contribution is 6.32. The SMILES string of the molecule is Bc1cccc(-c2nc(-c3ccccc3)cc(-c3ccccc3)n2)c1. The minimum absolute atomic E-state index is 0.754. The van der Waals surface area contributed by atoms with Gasteiger partial charge in [0.25, 0.3) is 0 Å². The first-order valence-corrected chi connectivity index (χ1v) is 8.36. The van der Waals surface area contributed by atoms with Gasteiger partial charge in [-0.3, -0.25) is 0 Å². The Hall–Kier alpha value is -3.20. The number of hydrogen-bond donors (Lipinski definition) is 0. The molecule has 4 aromatic rings. The van der Waals surface area contributed by atoms with E-state index in [1.165, 1.54) is 5.46 Å². The summed E-state index contributed by atoms with van der Waals surface area (Å²) in [5, 5.41) is 0. The van der Waals surface area contributed by atoms with Gasteiger partial charge in [0, 0.05) is 16.7 Å². The molecule has 0 aliphatic rings. The summed E-state index contributed by atoms with van der Waals surface area (Å²) in [6.07, 6.45) is 0. The number of rotatable bonds is 3. The molecule has 118 valence electrons. The minimum atomic E-state index is 0.754. The van der Waals surface area contributed by atoms with Crippen molar-refractivity contribution in [2.75, 3.05) is 0 Å². The molecule has 0 bridgehead atoms. The smallest absolute Gasteiger partial charge is 0.160 e. The van der Waals surface area contributed by atoms with Crippen molar-refractivity contribution >= 4 is 13.3 Å². The molecule has 0 fully saturated rings. The van der Waals surface area contributed by atoms with Gasteiger partial charge in [0.1, 0.15) is 7.85 Å². The van der Waals surface area contributed by atoms with Crippen molar-refractivity contribution in [2.24, 2.45) is 0 Å². The molecule has 0 saturated carbocycles. The lowest BCUT2D eigenvalue weighted by Gasteiger charge is -2.09. The molecular formula is C22H17BN2. The summed E-state index contributed by atoms with van der Waals surface area (Å²) in [6.45, 7) is 0. The van der Waals surface area contributed by atoms with Crippen LogP contribution in [0.4, 0.5) is 0 Å². The van der Waals surface area contributed by atoms with E-state index >= 15 is 0 Å². The summed E-state index contributed by atoms with van der Waals surface area (Å²) in [6, 6.07) is 30.9. The van der Waals surface area contributed by atoms with E-state index in [-0.39, 0.29) is 0 Å². The van der Waals surface area contributed by atoms with Crippen molar-refractivity contribution in [3.63, 3.8) is 0 Å². The van der Waals surface area contributed by atoms with Gasteiger partial charge in [-0.05, 0) is 6.07 Å². The Morgan fingerprint density at radius 2 is 1.04 bits per heavy atom. The van der Waals surface area contributed by atoms with Crippen LogP contribution in [0.15, 0.2) is 91.0 Å². The molecule has 0 amide bonds. The first-order chi connectivity index (χ1) is 12.3. The average molecular weight is 320 g/mol. The zero-order chi connectivity index (χ0) is 17.1. The van der Waals surface area contributed by atoms with Crippen LogP contribution in [0.5, 0.6) is 0 Å². The van der Waals surface area contributed by atoms with E-state index < -0.39 is 0 Å². The predicted molar refractivity (Wildman–Crippen MR) is 107 cm³/mol. The fraction of sp³-hybridized carbons (Fsp3) is 0. The monoisotopic (exact) mass is 320 g/mol. The summed E-state index contributed by atoms with van der Waals surface area (Å²) >= 11 is 0. The molecule has 2 nitrogen and oxygen atoms in total. The molecule has 3 aromatic carbocycles. The van der Waals surface area contributed by atoms with E-state index in [9.17, 15) is 0 Å². The largest absolute Gasteiger partial charge is 0.228 e. The molecule has 0 radical (unpaired) electrons. The third-order valence-electron chi connectivity index (χ3n) is 4.14. The highest BCUT2D eigenvalue weighted by atomic mass is 14.9. The molecule has 0 aliphatic heterocycles. The Morgan fingerprint density at radius 3 is 1.56 bits per heavy atom. The molecule has 4 rings (SSSR count). The van der Waals surface area contributed by atoms with E-state index in [0.29, 0.717) is 0 Å². The first kappa shape index (κ1) is 15.3. The van der Waals surface area contributed by atoms with Gasteiger partial charge in [-0.2, -0.15) is 0 Å². The van der Waals surface area contributed by atoms with Gasteiger partial charge < -0.3 is 0 Å². The summed E-state index contributed by atoms with van der Waals surface area (Å²) in [4.78, 5) is 9.66. The van der Waals surface area contributed by atoms with Crippen LogP contribution in [-0.2, 0) is 0 Å². The number of hydrogen-bond acceptors (Lipinski definition) is 2. The van der Waals surface area contributed by atoms with Crippen LogP contribution in [0, 0.1) is 0 Å². The summed E-state index contributed by atoms with van der Waals surface area (Å²) < 4.78 is 0. The second-order valence-corrected chi connectivity index (χ2v) is 6.06. The molecule has 0 saturated heterocycles. The van der Waals surface area contributed by atoms with Crippen molar-refractivity contribution in [1.29, 1.82) is 0 Å². The molecule has 0 N–H and O–H groups in total. The third-order valence-corrected chi connectivity index (χ3v) is 4.14. The van der Waals surface area contributed by atoms with E-state index in [2.05, 4.69) is 56.4 Å². The Kier molecular flexibility index (Phi) is 4.13. The maximum atomic E-state index is 4.83. The van der Waals surface area contributed by atoms with E-state index in [4.69, 9.17) is 9.97 Å².